The molecular formula is C28H26N4O4. The average Bonchev–Trinajstić information content (AvgIpc) is 3.38. The molecule has 4 aromatic rings. The minimum absolute atomic E-state index is 0.282. The Labute approximate surface area is 209 Å². The molecule has 0 fully saturated rings. The van der Waals surface area contributed by atoms with Gasteiger partial charge in [-0.1, -0.05) is 47.1 Å². The number of rotatable bonds is 6. The molecular weight excluding hydrogens is 456 g/mol. The molecule has 0 spiro atoms. The molecule has 5 rings (SSSR count). The fourth-order valence-corrected chi connectivity index (χ4v) is 4.39. The zero-order valence-electron chi connectivity index (χ0n) is 20.5. The van der Waals surface area contributed by atoms with Crippen LogP contribution >= 0.6 is 0 Å². The highest BCUT2D eigenvalue weighted by molar-refractivity contribution is 6.01. The number of nitrogens with zero attached hydrogens (tertiary/aromatic N) is 3. The first-order valence-corrected chi connectivity index (χ1v) is 11.5. The Hall–Kier alpha value is -4.59. The monoisotopic (exact) mass is 482 g/mol. The molecule has 0 bridgehead atoms. The smallest absolute Gasteiger partial charge is 0.327 e. The topological polar surface area (TPSA) is 89.7 Å². The number of amides is 2. The van der Waals surface area contributed by atoms with Gasteiger partial charge in [-0.25, -0.2) is 4.79 Å². The molecule has 8 nitrogen and oxygen atoms in total. The molecule has 0 saturated carbocycles. The minimum atomic E-state index is -0.528. The summed E-state index contributed by atoms with van der Waals surface area (Å²) in [6.45, 7) is 3.88. The van der Waals surface area contributed by atoms with Crippen LogP contribution in [-0.2, 0) is 0 Å². The standard InChI is InChI=1S/C28H26N4O4/c1-17-8-5-10-20(14-17)26-30-27(36-31-26)24-18(2)32(21-11-7-13-23(16-21)35-4)28(33)29-25(24)19-9-6-12-22(15-19)34-3/h5-16,25H,1-4H3,(H,29,33). The molecule has 1 aliphatic heterocycles. The number of carbonyl (C=O) groups excluding carboxylic acids is 1. The van der Waals surface area contributed by atoms with Crippen molar-refractivity contribution in [1.29, 1.82) is 0 Å². The number of benzene rings is 3. The molecule has 2 heterocycles. The third kappa shape index (κ3) is 4.29. The van der Waals surface area contributed by atoms with E-state index in [1.165, 1.54) is 0 Å². The van der Waals surface area contributed by atoms with E-state index in [0.717, 1.165) is 16.7 Å². The second-order valence-corrected chi connectivity index (χ2v) is 8.49. The van der Waals surface area contributed by atoms with E-state index >= 15 is 0 Å². The van der Waals surface area contributed by atoms with Crippen molar-refractivity contribution in [2.45, 2.75) is 19.9 Å². The summed E-state index contributed by atoms with van der Waals surface area (Å²) in [5.41, 5.74) is 4.79. The van der Waals surface area contributed by atoms with Crippen LogP contribution in [0.2, 0.25) is 0 Å². The van der Waals surface area contributed by atoms with Gasteiger partial charge in [-0.15, -0.1) is 0 Å². The Bertz CT molecular complexity index is 1460. The van der Waals surface area contributed by atoms with Crippen molar-refractivity contribution >= 4 is 17.3 Å². The Balaban J connectivity index is 1.67. The highest BCUT2D eigenvalue weighted by atomic mass is 16.5. The van der Waals surface area contributed by atoms with Gasteiger partial charge < -0.3 is 19.3 Å². The maximum absolute atomic E-state index is 13.4. The lowest BCUT2D eigenvalue weighted by Crippen LogP contribution is -2.46. The van der Waals surface area contributed by atoms with Crippen molar-refractivity contribution in [2.75, 3.05) is 19.1 Å². The van der Waals surface area contributed by atoms with E-state index in [9.17, 15) is 4.79 Å². The lowest BCUT2D eigenvalue weighted by Gasteiger charge is -2.35. The van der Waals surface area contributed by atoms with E-state index < -0.39 is 6.04 Å². The van der Waals surface area contributed by atoms with Gasteiger partial charge >= 0.3 is 6.03 Å². The Morgan fingerprint density at radius 3 is 2.39 bits per heavy atom. The van der Waals surface area contributed by atoms with Gasteiger partial charge in [0.15, 0.2) is 0 Å². The first-order valence-electron chi connectivity index (χ1n) is 11.5. The van der Waals surface area contributed by atoms with Gasteiger partial charge in [0.2, 0.25) is 5.82 Å². The Kier molecular flexibility index (Phi) is 6.16. The number of aromatic nitrogens is 2. The van der Waals surface area contributed by atoms with Gasteiger partial charge in [0.1, 0.15) is 11.5 Å². The number of ether oxygens (including phenoxy) is 2. The predicted octanol–water partition coefficient (Wildman–Crippen LogP) is 5.76. The first-order chi connectivity index (χ1) is 17.5. The van der Waals surface area contributed by atoms with Gasteiger partial charge in [0.25, 0.3) is 5.89 Å². The molecule has 1 N–H and O–H groups in total. The number of hydrogen-bond donors (Lipinski definition) is 1. The largest absolute Gasteiger partial charge is 0.497 e. The third-order valence-corrected chi connectivity index (χ3v) is 6.16. The van der Waals surface area contributed by atoms with Gasteiger partial charge in [-0.2, -0.15) is 4.98 Å². The number of methoxy groups -OCH3 is 2. The maximum Gasteiger partial charge on any atom is 0.327 e. The predicted molar refractivity (Wildman–Crippen MR) is 137 cm³/mol. The third-order valence-electron chi connectivity index (χ3n) is 6.16. The Morgan fingerprint density at radius 1 is 0.917 bits per heavy atom. The van der Waals surface area contributed by atoms with Crippen LogP contribution in [-0.4, -0.2) is 30.4 Å². The van der Waals surface area contributed by atoms with Crippen molar-refractivity contribution in [3.8, 4) is 22.9 Å². The summed E-state index contributed by atoms with van der Waals surface area (Å²) in [5, 5.41) is 7.36. The summed E-state index contributed by atoms with van der Waals surface area (Å²) < 4.78 is 16.6. The molecule has 0 radical (unpaired) electrons. The summed E-state index contributed by atoms with van der Waals surface area (Å²) >= 11 is 0. The number of hydrogen-bond acceptors (Lipinski definition) is 6. The van der Waals surface area contributed by atoms with Crippen molar-refractivity contribution in [3.63, 3.8) is 0 Å². The normalized spacial score (nSPS) is 15.6. The van der Waals surface area contributed by atoms with Crippen molar-refractivity contribution in [3.05, 3.63) is 95.5 Å². The molecule has 182 valence electrons. The van der Waals surface area contributed by atoms with Crippen LogP contribution in [0.5, 0.6) is 11.5 Å². The summed E-state index contributed by atoms with van der Waals surface area (Å²) in [4.78, 5) is 19.7. The van der Waals surface area contributed by atoms with E-state index in [1.54, 1.807) is 25.2 Å². The fraction of sp³-hybridized carbons (Fsp3) is 0.179. The van der Waals surface area contributed by atoms with Gasteiger partial charge in [0.05, 0.1) is 31.5 Å². The summed E-state index contributed by atoms with van der Waals surface area (Å²) in [6.07, 6.45) is 0. The van der Waals surface area contributed by atoms with Crippen LogP contribution in [0.1, 0.15) is 30.0 Å². The van der Waals surface area contributed by atoms with Crippen LogP contribution < -0.4 is 19.7 Å². The summed E-state index contributed by atoms with van der Waals surface area (Å²) in [6, 6.07) is 22.0. The van der Waals surface area contributed by atoms with Crippen LogP contribution in [0.25, 0.3) is 17.0 Å². The quantitative estimate of drug-likeness (QED) is 0.376. The van der Waals surface area contributed by atoms with Crippen molar-refractivity contribution in [1.82, 2.24) is 15.5 Å². The molecule has 0 saturated heterocycles. The van der Waals surface area contributed by atoms with E-state index in [1.807, 2.05) is 80.6 Å². The first kappa shape index (κ1) is 23.2. The molecule has 36 heavy (non-hydrogen) atoms. The van der Waals surface area contributed by atoms with Gasteiger partial charge in [-0.05, 0) is 49.7 Å². The Morgan fingerprint density at radius 2 is 1.64 bits per heavy atom. The van der Waals surface area contributed by atoms with Crippen LogP contribution in [0.4, 0.5) is 10.5 Å². The van der Waals surface area contributed by atoms with E-state index in [4.69, 9.17) is 19.0 Å². The number of carbonyl (C=O) groups is 1. The van der Waals surface area contributed by atoms with Crippen LogP contribution in [0.3, 0.4) is 0 Å². The van der Waals surface area contributed by atoms with Gasteiger partial charge in [0, 0.05) is 17.3 Å². The number of urea groups is 1. The highest BCUT2D eigenvalue weighted by Crippen LogP contribution is 2.40. The maximum atomic E-state index is 13.4. The summed E-state index contributed by atoms with van der Waals surface area (Å²) in [7, 11) is 3.20. The van der Waals surface area contributed by atoms with E-state index in [2.05, 4.69) is 10.5 Å². The van der Waals surface area contributed by atoms with Crippen molar-refractivity contribution < 1.29 is 18.8 Å². The number of anilines is 1. The van der Waals surface area contributed by atoms with Crippen LogP contribution in [0, 0.1) is 6.92 Å². The lowest BCUT2D eigenvalue weighted by atomic mass is 9.94. The molecule has 3 aromatic carbocycles. The van der Waals surface area contributed by atoms with Crippen LogP contribution in [0.15, 0.2) is 83.0 Å². The highest BCUT2D eigenvalue weighted by Gasteiger charge is 2.36. The van der Waals surface area contributed by atoms with Gasteiger partial charge in [-0.3, -0.25) is 4.90 Å². The molecule has 0 aliphatic carbocycles. The minimum Gasteiger partial charge on any atom is -0.497 e. The summed E-state index contributed by atoms with van der Waals surface area (Å²) in [5.74, 6) is 2.12. The number of nitrogens with one attached hydrogen (secondary N) is 1. The average molecular weight is 483 g/mol. The number of aryl methyl sites for hydroxylation is 1. The molecule has 2 amide bonds. The van der Waals surface area contributed by atoms with Crippen molar-refractivity contribution in [2.24, 2.45) is 0 Å². The zero-order chi connectivity index (χ0) is 25.2. The SMILES string of the molecule is COc1cccc(C2NC(=O)N(c3cccc(OC)c3)C(C)=C2c2nc(-c3cccc(C)c3)no2)c1. The fourth-order valence-electron chi connectivity index (χ4n) is 4.39. The second-order valence-electron chi connectivity index (χ2n) is 8.49. The zero-order valence-corrected chi connectivity index (χ0v) is 20.5. The lowest BCUT2D eigenvalue weighted by molar-refractivity contribution is 0.244. The van der Waals surface area contributed by atoms with E-state index in [-0.39, 0.29) is 6.03 Å². The second kappa shape index (κ2) is 9.58. The van der Waals surface area contributed by atoms with E-state index in [0.29, 0.717) is 40.2 Å². The molecule has 1 aromatic heterocycles. The molecule has 1 unspecified atom stereocenters. The molecule has 8 heteroatoms. The molecule has 1 atom stereocenters. The molecule has 1 aliphatic rings. The number of allylic oxidation sites excluding steroid dienone is 1.